The standard InChI is InChI=1S/C24H26N4O2S/c1-16-6-5-7-19(14-16)30-12-13-31-23-26-22(25-20-15-21(29)27-28(20)23)17-8-10-18(11-9-17)24(2,3)4/h5-11,14-15H,12-13H2,1-4H3,(H,27,29). The number of fused-ring (bicyclic) bond motifs is 1. The molecule has 4 aromatic rings. The number of hydrogen-bond donors (Lipinski definition) is 1. The summed E-state index contributed by atoms with van der Waals surface area (Å²) in [6.45, 7) is 9.12. The molecular weight excluding hydrogens is 408 g/mol. The minimum absolute atomic E-state index is 0.0790. The molecule has 0 amide bonds. The Balaban J connectivity index is 1.55. The lowest BCUT2D eigenvalue weighted by Crippen LogP contribution is -2.10. The predicted octanol–water partition coefficient (Wildman–Crippen LogP) is 4.86. The summed E-state index contributed by atoms with van der Waals surface area (Å²) in [6, 6.07) is 17.7. The van der Waals surface area contributed by atoms with Crippen molar-refractivity contribution in [1.29, 1.82) is 0 Å². The van der Waals surface area contributed by atoms with Gasteiger partial charge in [-0.25, -0.2) is 14.5 Å². The van der Waals surface area contributed by atoms with Gasteiger partial charge >= 0.3 is 0 Å². The number of nitrogens with zero attached hydrogens (tertiary/aromatic N) is 3. The minimum Gasteiger partial charge on any atom is -0.493 e. The maximum absolute atomic E-state index is 11.9. The van der Waals surface area contributed by atoms with Crippen molar-refractivity contribution in [3.63, 3.8) is 0 Å². The molecule has 31 heavy (non-hydrogen) atoms. The number of thioether (sulfide) groups is 1. The summed E-state index contributed by atoms with van der Waals surface area (Å²) in [5, 5.41) is 3.45. The molecule has 0 spiro atoms. The van der Waals surface area contributed by atoms with Gasteiger partial charge in [-0.2, -0.15) is 0 Å². The smallest absolute Gasteiger partial charge is 0.266 e. The second kappa shape index (κ2) is 8.59. The van der Waals surface area contributed by atoms with Gasteiger partial charge in [-0.15, -0.1) is 0 Å². The Hall–Kier alpha value is -3.06. The molecule has 1 N–H and O–H groups in total. The lowest BCUT2D eigenvalue weighted by atomic mass is 9.87. The average molecular weight is 435 g/mol. The second-order valence-electron chi connectivity index (χ2n) is 8.48. The number of hydrogen-bond acceptors (Lipinski definition) is 5. The van der Waals surface area contributed by atoms with Crippen LogP contribution in [0.2, 0.25) is 0 Å². The highest BCUT2D eigenvalue weighted by atomic mass is 32.2. The van der Waals surface area contributed by atoms with Crippen LogP contribution in [0, 0.1) is 6.92 Å². The topological polar surface area (TPSA) is 72.3 Å². The summed E-state index contributed by atoms with van der Waals surface area (Å²) >= 11 is 1.52. The Morgan fingerprint density at radius 3 is 2.55 bits per heavy atom. The molecule has 2 aromatic carbocycles. The van der Waals surface area contributed by atoms with Crippen molar-refractivity contribution in [2.24, 2.45) is 0 Å². The third-order valence-corrected chi connectivity index (χ3v) is 5.81. The van der Waals surface area contributed by atoms with Gasteiger partial charge in [0.1, 0.15) is 5.75 Å². The first-order valence-electron chi connectivity index (χ1n) is 10.2. The van der Waals surface area contributed by atoms with Crippen LogP contribution in [0.1, 0.15) is 31.9 Å². The monoisotopic (exact) mass is 434 g/mol. The zero-order valence-corrected chi connectivity index (χ0v) is 19.0. The van der Waals surface area contributed by atoms with Crippen LogP contribution < -0.4 is 10.3 Å². The molecule has 0 fully saturated rings. The lowest BCUT2D eigenvalue weighted by Gasteiger charge is -2.19. The molecule has 6 nitrogen and oxygen atoms in total. The lowest BCUT2D eigenvalue weighted by molar-refractivity contribution is 0.343. The summed E-state index contributed by atoms with van der Waals surface area (Å²) < 4.78 is 7.47. The van der Waals surface area contributed by atoms with Crippen molar-refractivity contribution < 1.29 is 4.74 Å². The van der Waals surface area contributed by atoms with Crippen molar-refractivity contribution in [3.05, 3.63) is 76.1 Å². The van der Waals surface area contributed by atoms with Gasteiger partial charge in [0.25, 0.3) is 5.56 Å². The maximum atomic E-state index is 11.9. The second-order valence-corrected chi connectivity index (χ2v) is 9.55. The molecule has 0 atom stereocenters. The quantitative estimate of drug-likeness (QED) is 0.347. The molecule has 0 aliphatic heterocycles. The average Bonchev–Trinajstić information content (AvgIpc) is 3.11. The van der Waals surface area contributed by atoms with Crippen LogP contribution in [0.25, 0.3) is 17.0 Å². The van der Waals surface area contributed by atoms with E-state index in [1.165, 1.54) is 23.4 Å². The first kappa shape index (κ1) is 21.2. The molecule has 160 valence electrons. The van der Waals surface area contributed by atoms with Crippen LogP contribution >= 0.6 is 11.8 Å². The van der Waals surface area contributed by atoms with Crippen molar-refractivity contribution >= 4 is 17.4 Å². The van der Waals surface area contributed by atoms with E-state index in [2.05, 4.69) is 43.0 Å². The third-order valence-electron chi connectivity index (χ3n) is 4.91. The van der Waals surface area contributed by atoms with E-state index in [1.807, 2.05) is 43.3 Å². The molecular formula is C24H26N4O2S. The van der Waals surface area contributed by atoms with Crippen molar-refractivity contribution in [2.75, 3.05) is 12.4 Å². The molecule has 0 aliphatic carbocycles. The highest BCUT2D eigenvalue weighted by Gasteiger charge is 2.15. The van der Waals surface area contributed by atoms with Crippen molar-refractivity contribution in [3.8, 4) is 17.1 Å². The van der Waals surface area contributed by atoms with E-state index in [-0.39, 0.29) is 11.0 Å². The van der Waals surface area contributed by atoms with Crippen LogP contribution in [0.15, 0.2) is 64.5 Å². The number of ether oxygens (including phenoxy) is 1. The molecule has 0 saturated heterocycles. The number of H-pyrrole nitrogens is 1. The maximum Gasteiger partial charge on any atom is 0.266 e. The van der Waals surface area contributed by atoms with Crippen molar-refractivity contribution in [1.82, 2.24) is 19.6 Å². The van der Waals surface area contributed by atoms with E-state index in [1.54, 1.807) is 4.52 Å². The Morgan fingerprint density at radius 2 is 1.84 bits per heavy atom. The largest absolute Gasteiger partial charge is 0.493 e. The van der Waals surface area contributed by atoms with E-state index < -0.39 is 0 Å². The van der Waals surface area contributed by atoms with Crippen molar-refractivity contribution in [2.45, 2.75) is 38.3 Å². The minimum atomic E-state index is -0.201. The summed E-state index contributed by atoms with van der Waals surface area (Å²) in [5.74, 6) is 2.13. The Bertz CT molecular complexity index is 1250. The van der Waals surface area contributed by atoms with Crippen LogP contribution in [0.3, 0.4) is 0 Å². The molecule has 0 unspecified atom stereocenters. The zero-order valence-electron chi connectivity index (χ0n) is 18.2. The number of benzene rings is 2. The summed E-state index contributed by atoms with van der Waals surface area (Å²) in [6.07, 6.45) is 0. The molecule has 0 aliphatic rings. The van der Waals surface area contributed by atoms with E-state index in [0.717, 1.165) is 16.9 Å². The molecule has 0 bridgehead atoms. The van der Waals surface area contributed by atoms with E-state index in [0.29, 0.717) is 29.0 Å². The van der Waals surface area contributed by atoms with Gasteiger partial charge in [-0.3, -0.25) is 9.89 Å². The third kappa shape index (κ3) is 4.99. The van der Waals surface area contributed by atoms with Gasteiger partial charge in [0.2, 0.25) is 0 Å². The fraction of sp³-hybridized carbons (Fsp3) is 0.292. The highest BCUT2D eigenvalue weighted by molar-refractivity contribution is 7.99. The SMILES string of the molecule is Cc1cccc(OCCSc2nc(-c3ccc(C(C)(C)C)cc3)nc3cc(=O)[nH]n23)c1. The van der Waals surface area contributed by atoms with Crippen LogP contribution in [0.4, 0.5) is 0 Å². The number of nitrogens with one attached hydrogen (secondary N) is 1. The van der Waals surface area contributed by atoms with E-state index >= 15 is 0 Å². The zero-order chi connectivity index (χ0) is 22.0. The van der Waals surface area contributed by atoms with Gasteiger partial charge in [-0.05, 0) is 35.6 Å². The summed E-state index contributed by atoms with van der Waals surface area (Å²) in [7, 11) is 0. The number of aromatic nitrogens is 4. The van der Waals surface area contributed by atoms with E-state index in [9.17, 15) is 4.79 Å². The number of rotatable bonds is 6. The Morgan fingerprint density at radius 1 is 1.06 bits per heavy atom. The van der Waals surface area contributed by atoms with E-state index in [4.69, 9.17) is 9.72 Å². The van der Waals surface area contributed by atoms with Gasteiger partial charge in [0.05, 0.1) is 6.61 Å². The van der Waals surface area contributed by atoms with Gasteiger partial charge in [-0.1, -0.05) is 68.9 Å². The predicted molar refractivity (Wildman–Crippen MR) is 125 cm³/mol. The molecule has 2 heterocycles. The molecule has 2 aromatic heterocycles. The summed E-state index contributed by atoms with van der Waals surface area (Å²) in [4.78, 5) is 21.2. The number of aryl methyl sites for hydroxylation is 1. The van der Waals surface area contributed by atoms with Crippen LogP contribution in [-0.2, 0) is 5.41 Å². The van der Waals surface area contributed by atoms with Crippen LogP contribution in [-0.4, -0.2) is 31.9 Å². The molecule has 0 radical (unpaired) electrons. The fourth-order valence-electron chi connectivity index (χ4n) is 3.23. The highest BCUT2D eigenvalue weighted by Crippen LogP contribution is 2.26. The summed E-state index contributed by atoms with van der Waals surface area (Å²) in [5.41, 5.74) is 3.76. The first-order chi connectivity index (χ1) is 14.8. The molecule has 4 rings (SSSR count). The van der Waals surface area contributed by atoms with Crippen LogP contribution in [0.5, 0.6) is 5.75 Å². The molecule has 7 heteroatoms. The Kier molecular flexibility index (Phi) is 5.87. The fourth-order valence-corrected chi connectivity index (χ4v) is 4.00. The van der Waals surface area contributed by atoms with Gasteiger partial charge in [0, 0.05) is 17.4 Å². The number of aromatic amines is 1. The van der Waals surface area contributed by atoms with Gasteiger partial charge in [0.15, 0.2) is 16.6 Å². The molecule has 0 saturated carbocycles. The normalized spacial score (nSPS) is 11.7. The van der Waals surface area contributed by atoms with Gasteiger partial charge < -0.3 is 4.74 Å². The Labute approximate surface area is 185 Å². The first-order valence-corrected chi connectivity index (χ1v) is 11.2.